The maximum Gasteiger partial charge on any atom is 0.229 e. The van der Waals surface area contributed by atoms with Gasteiger partial charge in [0, 0.05) is 23.5 Å². The van der Waals surface area contributed by atoms with Crippen molar-refractivity contribution in [3.05, 3.63) is 70.4 Å². The van der Waals surface area contributed by atoms with Crippen LogP contribution < -0.4 is 5.32 Å². The van der Waals surface area contributed by atoms with E-state index in [-0.39, 0.29) is 30.6 Å². The molecule has 31 heavy (non-hydrogen) atoms. The fraction of sp³-hybridized carbons (Fsp3) is 0.217. The number of benzene rings is 2. The SMILES string of the molecule is CN1CCc2c(sc(NC(=O)Cc3ccc(F)cc3)c2-c2nc3ccccc3s2)C1.Cl. The van der Waals surface area contributed by atoms with Crippen molar-refractivity contribution < 1.29 is 9.18 Å². The number of para-hydroxylation sites is 1. The molecule has 0 saturated heterocycles. The second kappa shape index (κ2) is 9.04. The van der Waals surface area contributed by atoms with E-state index < -0.39 is 0 Å². The van der Waals surface area contributed by atoms with E-state index in [2.05, 4.69) is 23.3 Å². The van der Waals surface area contributed by atoms with Crippen molar-refractivity contribution >= 4 is 56.2 Å². The Morgan fingerprint density at radius 2 is 1.94 bits per heavy atom. The van der Waals surface area contributed by atoms with Crippen LogP contribution >= 0.6 is 35.1 Å². The van der Waals surface area contributed by atoms with Crippen molar-refractivity contribution in [2.24, 2.45) is 0 Å². The number of aromatic nitrogens is 1. The van der Waals surface area contributed by atoms with Gasteiger partial charge in [-0.1, -0.05) is 24.3 Å². The number of thiazole rings is 1. The second-order valence-corrected chi connectivity index (χ2v) is 9.67. The highest BCUT2D eigenvalue weighted by Crippen LogP contribution is 2.45. The lowest BCUT2D eigenvalue weighted by Gasteiger charge is -2.22. The van der Waals surface area contributed by atoms with Crippen molar-refractivity contribution in [2.45, 2.75) is 19.4 Å². The third-order valence-electron chi connectivity index (χ3n) is 5.29. The Balaban J connectivity index is 0.00000231. The van der Waals surface area contributed by atoms with Gasteiger partial charge in [0.2, 0.25) is 5.91 Å². The van der Waals surface area contributed by atoms with Gasteiger partial charge in [-0.15, -0.1) is 35.1 Å². The zero-order chi connectivity index (χ0) is 20.7. The average Bonchev–Trinajstić information content (AvgIpc) is 3.29. The number of carbonyl (C=O) groups is 1. The normalized spacial score (nSPS) is 13.6. The molecule has 3 heterocycles. The summed E-state index contributed by atoms with van der Waals surface area (Å²) in [6, 6.07) is 14.2. The van der Waals surface area contributed by atoms with Gasteiger partial charge in [-0.3, -0.25) is 4.79 Å². The van der Waals surface area contributed by atoms with Crippen LogP contribution in [0.1, 0.15) is 16.0 Å². The molecule has 0 radical (unpaired) electrons. The molecule has 2 aromatic carbocycles. The lowest BCUT2D eigenvalue weighted by Crippen LogP contribution is -2.25. The quantitative estimate of drug-likeness (QED) is 0.410. The summed E-state index contributed by atoms with van der Waals surface area (Å²) in [6.07, 6.45) is 1.16. The summed E-state index contributed by atoms with van der Waals surface area (Å²) < 4.78 is 14.3. The van der Waals surface area contributed by atoms with Gasteiger partial charge in [0.05, 0.1) is 16.6 Å². The van der Waals surface area contributed by atoms with Crippen LogP contribution in [-0.2, 0) is 24.2 Å². The van der Waals surface area contributed by atoms with E-state index >= 15 is 0 Å². The molecule has 0 saturated carbocycles. The standard InChI is InChI=1S/C23H20FN3OS2.ClH/c1-27-11-10-16-19(13-27)30-23(26-20(28)12-14-6-8-15(24)9-7-14)21(16)22-25-17-4-2-3-5-18(17)29-22;/h2-9H,10-13H2,1H3,(H,26,28);1H. The molecule has 4 nitrogen and oxygen atoms in total. The largest absolute Gasteiger partial charge is 0.317 e. The topological polar surface area (TPSA) is 45.2 Å². The Kier molecular flexibility index (Phi) is 6.39. The molecule has 0 spiro atoms. The summed E-state index contributed by atoms with van der Waals surface area (Å²) in [6.45, 7) is 1.87. The predicted octanol–water partition coefficient (Wildman–Crippen LogP) is 5.75. The van der Waals surface area contributed by atoms with Gasteiger partial charge >= 0.3 is 0 Å². The zero-order valence-electron chi connectivity index (χ0n) is 16.9. The lowest BCUT2D eigenvalue weighted by atomic mass is 10.0. The van der Waals surface area contributed by atoms with E-state index in [1.807, 2.05) is 18.2 Å². The summed E-state index contributed by atoms with van der Waals surface area (Å²) in [5.41, 5.74) is 4.14. The van der Waals surface area contributed by atoms with Gasteiger partial charge < -0.3 is 10.2 Å². The Labute approximate surface area is 194 Å². The minimum absolute atomic E-state index is 0. The molecule has 0 bridgehead atoms. The first-order valence-electron chi connectivity index (χ1n) is 9.80. The molecule has 1 aliphatic heterocycles. The van der Waals surface area contributed by atoms with Crippen molar-refractivity contribution in [3.63, 3.8) is 0 Å². The van der Waals surface area contributed by atoms with E-state index in [9.17, 15) is 9.18 Å². The van der Waals surface area contributed by atoms with Crippen LogP contribution in [0.4, 0.5) is 9.39 Å². The molecule has 0 fully saturated rings. The molecule has 0 atom stereocenters. The molecule has 1 aliphatic rings. The number of likely N-dealkylation sites (N-methyl/N-ethyl adjacent to an activating group) is 1. The summed E-state index contributed by atoms with van der Waals surface area (Å²) in [4.78, 5) is 21.2. The fourth-order valence-corrected chi connectivity index (χ4v) is 6.24. The van der Waals surface area contributed by atoms with Crippen LogP contribution in [0, 0.1) is 5.82 Å². The second-order valence-electron chi connectivity index (χ2n) is 7.53. The number of hydrogen-bond donors (Lipinski definition) is 1. The molecule has 2 aromatic heterocycles. The maximum absolute atomic E-state index is 13.2. The zero-order valence-corrected chi connectivity index (χ0v) is 19.3. The summed E-state index contributed by atoms with van der Waals surface area (Å²) in [7, 11) is 2.12. The number of thiophene rings is 1. The lowest BCUT2D eigenvalue weighted by molar-refractivity contribution is -0.115. The van der Waals surface area contributed by atoms with Crippen LogP contribution in [0.15, 0.2) is 48.5 Å². The molecule has 4 aromatic rings. The summed E-state index contributed by atoms with van der Waals surface area (Å²) >= 11 is 3.31. The highest BCUT2D eigenvalue weighted by atomic mass is 35.5. The van der Waals surface area contributed by atoms with Gasteiger partial charge in [-0.2, -0.15) is 0 Å². The van der Waals surface area contributed by atoms with Crippen LogP contribution in [0.25, 0.3) is 20.8 Å². The number of rotatable bonds is 4. The Bertz CT molecular complexity index is 1200. The average molecular weight is 474 g/mol. The maximum atomic E-state index is 13.2. The van der Waals surface area contributed by atoms with Gasteiger partial charge in [0.15, 0.2) is 0 Å². The van der Waals surface area contributed by atoms with Crippen molar-refractivity contribution in [3.8, 4) is 10.6 Å². The number of hydrogen-bond acceptors (Lipinski definition) is 5. The van der Waals surface area contributed by atoms with Crippen LogP contribution in [0.5, 0.6) is 0 Å². The number of fused-ring (bicyclic) bond motifs is 2. The molecule has 1 N–H and O–H groups in total. The van der Waals surface area contributed by atoms with Gasteiger partial charge in [0.25, 0.3) is 0 Å². The number of nitrogens with one attached hydrogen (secondary N) is 1. The third-order valence-corrected chi connectivity index (χ3v) is 7.47. The van der Waals surface area contributed by atoms with Gasteiger partial charge in [0.1, 0.15) is 15.8 Å². The molecule has 5 rings (SSSR count). The number of nitrogens with zero attached hydrogens (tertiary/aromatic N) is 2. The van der Waals surface area contributed by atoms with Crippen molar-refractivity contribution in [1.29, 1.82) is 0 Å². The number of halogens is 2. The smallest absolute Gasteiger partial charge is 0.229 e. The molecule has 8 heteroatoms. The first-order chi connectivity index (χ1) is 14.6. The minimum atomic E-state index is -0.299. The summed E-state index contributed by atoms with van der Waals surface area (Å²) in [5.74, 6) is -0.400. The van der Waals surface area contributed by atoms with E-state index in [0.717, 1.165) is 50.9 Å². The molecular formula is C23H21ClFN3OS2. The minimum Gasteiger partial charge on any atom is -0.317 e. The molecule has 0 unspecified atom stereocenters. The Hall–Kier alpha value is -2.32. The third kappa shape index (κ3) is 4.50. The van der Waals surface area contributed by atoms with Gasteiger partial charge in [-0.25, -0.2) is 9.37 Å². The van der Waals surface area contributed by atoms with E-state index in [0.29, 0.717) is 0 Å². The first kappa shape index (κ1) is 21.9. The molecule has 1 amide bonds. The van der Waals surface area contributed by atoms with E-state index in [1.54, 1.807) is 34.8 Å². The number of amides is 1. The summed E-state index contributed by atoms with van der Waals surface area (Å²) in [5, 5.41) is 4.94. The number of anilines is 1. The number of carbonyl (C=O) groups excluding carboxylic acids is 1. The monoisotopic (exact) mass is 473 g/mol. The van der Waals surface area contributed by atoms with Crippen LogP contribution in [-0.4, -0.2) is 29.4 Å². The highest BCUT2D eigenvalue weighted by Gasteiger charge is 2.26. The van der Waals surface area contributed by atoms with Crippen molar-refractivity contribution in [1.82, 2.24) is 9.88 Å². The fourth-order valence-electron chi connectivity index (χ4n) is 3.78. The Morgan fingerprint density at radius 3 is 2.71 bits per heavy atom. The van der Waals surface area contributed by atoms with Crippen LogP contribution in [0.2, 0.25) is 0 Å². The predicted molar refractivity (Wildman–Crippen MR) is 129 cm³/mol. The first-order valence-corrected chi connectivity index (χ1v) is 11.4. The highest BCUT2D eigenvalue weighted by molar-refractivity contribution is 7.22. The molecule has 0 aliphatic carbocycles. The molecule has 160 valence electrons. The van der Waals surface area contributed by atoms with E-state index in [4.69, 9.17) is 4.98 Å². The van der Waals surface area contributed by atoms with E-state index in [1.165, 1.54) is 22.6 Å². The van der Waals surface area contributed by atoms with Gasteiger partial charge in [-0.05, 0) is 48.9 Å². The van der Waals surface area contributed by atoms with Crippen LogP contribution in [0.3, 0.4) is 0 Å². The Morgan fingerprint density at radius 1 is 1.16 bits per heavy atom. The van der Waals surface area contributed by atoms with Crippen molar-refractivity contribution in [2.75, 3.05) is 18.9 Å². The molecular weight excluding hydrogens is 453 g/mol.